The first-order valence-electron chi connectivity index (χ1n) is 9.25. The molecule has 2 aliphatic rings. The summed E-state index contributed by atoms with van der Waals surface area (Å²) >= 11 is 0. The summed E-state index contributed by atoms with van der Waals surface area (Å²) in [7, 11) is -0.359. The van der Waals surface area contributed by atoms with Gasteiger partial charge in [-0.15, -0.1) is 0 Å². The maximum atomic E-state index is 11.2. The van der Waals surface area contributed by atoms with Crippen LogP contribution in [-0.4, -0.2) is 65.0 Å². The van der Waals surface area contributed by atoms with Crippen LogP contribution in [0.5, 0.6) is 0 Å². The van der Waals surface area contributed by atoms with Crippen molar-refractivity contribution in [2.75, 3.05) is 19.6 Å². The van der Waals surface area contributed by atoms with Crippen LogP contribution >= 0.6 is 0 Å². The van der Waals surface area contributed by atoms with Gasteiger partial charge in [-0.2, -0.15) is 0 Å². The van der Waals surface area contributed by atoms with Crippen LogP contribution in [-0.2, 0) is 15.9 Å². The van der Waals surface area contributed by atoms with Gasteiger partial charge in [-0.25, -0.2) is 4.79 Å². The van der Waals surface area contributed by atoms with E-state index in [9.17, 15) is 9.90 Å². The zero-order chi connectivity index (χ0) is 19.1. The summed E-state index contributed by atoms with van der Waals surface area (Å²) in [6, 6.07) is 8.32. The Morgan fingerprint density at radius 3 is 2.46 bits per heavy atom. The van der Waals surface area contributed by atoms with Crippen molar-refractivity contribution in [3.05, 3.63) is 29.8 Å². The molecule has 3 rings (SSSR count). The second-order valence-corrected chi connectivity index (χ2v) is 8.39. The number of amides is 1. The fourth-order valence-electron chi connectivity index (χ4n) is 3.54. The van der Waals surface area contributed by atoms with Crippen LogP contribution in [0.4, 0.5) is 4.79 Å². The Kier molecular flexibility index (Phi) is 5.07. The van der Waals surface area contributed by atoms with Gasteiger partial charge in [0.1, 0.15) is 0 Å². The van der Waals surface area contributed by atoms with Crippen molar-refractivity contribution in [1.29, 1.82) is 0 Å². The van der Waals surface area contributed by atoms with E-state index >= 15 is 0 Å². The number of nitrogens with zero attached hydrogens (tertiary/aromatic N) is 2. The summed E-state index contributed by atoms with van der Waals surface area (Å²) in [6.45, 7) is 13.0. The molecule has 0 radical (unpaired) electrons. The molecular weight excluding hydrogens is 331 g/mol. The Balaban J connectivity index is 1.67. The molecule has 2 saturated heterocycles. The maximum Gasteiger partial charge on any atom is 0.494 e. The second-order valence-electron chi connectivity index (χ2n) is 8.39. The number of benzene rings is 1. The fourth-order valence-corrected chi connectivity index (χ4v) is 3.54. The molecule has 2 heterocycles. The predicted molar refractivity (Wildman–Crippen MR) is 102 cm³/mol. The van der Waals surface area contributed by atoms with Gasteiger partial charge < -0.3 is 19.3 Å². The van der Waals surface area contributed by atoms with Crippen molar-refractivity contribution in [3.63, 3.8) is 0 Å². The molecule has 1 aromatic rings. The minimum atomic E-state index is -0.833. The molecule has 7 heteroatoms. The molecule has 1 aromatic carbocycles. The van der Waals surface area contributed by atoms with Crippen LogP contribution in [0, 0.1) is 0 Å². The van der Waals surface area contributed by atoms with Crippen LogP contribution in [0.2, 0.25) is 0 Å². The second kappa shape index (κ2) is 6.87. The Morgan fingerprint density at radius 2 is 1.88 bits per heavy atom. The summed E-state index contributed by atoms with van der Waals surface area (Å²) in [5.74, 6) is 0. The quantitative estimate of drug-likeness (QED) is 0.838. The first-order chi connectivity index (χ1) is 12.1. The van der Waals surface area contributed by atoms with E-state index in [0.717, 1.165) is 25.1 Å². The lowest BCUT2D eigenvalue weighted by atomic mass is 9.78. The highest BCUT2D eigenvalue weighted by molar-refractivity contribution is 6.62. The molecule has 1 N–H and O–H groups in total. The zero-order valence-electron chi connectivity index (χ0n) is 16.4. The van der Waals surface area contributed by atoms with E-state index in [1.165, 1.54) is 10.5 Å². The summed E-state index contributed by atoms with van der Waals surface area (Å²) in [6.07, 6.45) is -0.833. The standard InChI is InChI=1S/C19H29BN2O4/c1-14-12-21(9-10-22(14)17(23)24)13-15-7-6-8-16(11-15)20-25-18(2,3)19(4,5)26-20/h6-8,11,14H,9-10,12-13H2,1-5H3,(H,23,24)/t14-/m0/s1. The summed E-state index contributed by atoms with van der Waals surface area (Å²) in [5, 5.41) is 9.21. The fraction of sp³-hybridized carbons (Fsp3) is 0.632. The SMILES string of the molecule is C[C@H]1CN(Cc2cccc(B3OC(C)(C)C(C)(C)O3)c2)CCN1C(=O)O. The third kappa shape index (κ3) is 3.75. The van der Waals surface area contributed by atoms with Crippen LogP contribution in [0.1, 0.15) is 40.2 Å². The molecule has 0 saturated carbocycles. The number of rotatable bonds is 3. The highest BCUT2D eigenvalue weighted by Gasteiger charge is 2.51. The van der Waals surface area contributed by atoms with E-state index in [1.807, 2.05) is 19.1 Å². The van der Waals surface area contributed by atoms with E-state index in [0.29, 0.717) is 6.54 Å². The van der Waals surface area contributed by atoms with Crippen LogP contribution in [0.25, 0.3) is 0 Å². The zero-order valence-corrected chi connectivity index (χ0v) is 16.4. The molecule has 0 aliphatic carbocycles. The van der Waals surface area contributed by atoms with E-state index in [1.54, 1.807) is 0 Å². The molecule has 0 aromatic heterocycles. The third-order valence-electron chi connectivity index (χ3n) is 5.84. The maximum absolute atomic E-state index is 11.2. The molecule has 1 amide bonds. The Labute approximate surface area is 156 Å². The van der Waals surface area contributed by atoms with Gasteiger partial charge in [0, 0.05) is 32.2 Å². The summed E-state index contributed by atoms with van der Waals surface area (Å²) in [4.78, 5) is 15.0. The summed E-state index contributed by atoms with van der Waals surface area (Å²) < 4.78 is 12.3. The lowest BCUT2D eigenvalue weighted by Gasteiger charge is -2.38. The Hall–Kier alpha value is -1.57. The van der Waals surface area contributed by atoms with E-state index in [4.69, 9.17) is 9.31 Å². The Bertz CT molecular complexity index is 663. The lowest BCUT2D eigenvalue weighted by molar-refractivity contribution is 0.00578. The van der Waals surface area contributed by atoms with Crippen molar-refractivity contribution >= 4 is 18.7 Å². The molecule has 1 atom stereocenters. The molecule has 26 heavy (non-hydrogen) atoms. The molecule has 2 aliphatic heterocycles. The van der Waals surface area contributed by atoms with E-state index in [-0.39, 0.29) is 24.4 Å². The van der Waals surface area contributed by atoms with Gasteiger partial charge in [0.15, 0.2) is 0 Å². The topological polar surface area (TPSA) is 62.2 Å². The Morgan fingerprint density at radius 1 is 1.23 bits per heavy atom. The average molecular weight is 360 g/mol. The monoisotopic (exact) mass is 360 g/mol. The highest BCUT2D eigenvalue weighted by atomic mass is 16.7. The van der Waals surface area contributed by atoms with Crippen molar-refractivity contribution in [2.45, 2.75) is 58.4 Å². The minimum absolute atomic E-state index is 0.00697. The van der Waals surface area contributed by atoms with Crippen molar-refractivity contribution < 1.29 is 19.2 Å². The van der Waals surface area contributed by atoms with Gasteiger partial charge in [-0.3, -0.25) is 4.90 Å². The van der Waals surface area contributed by atoms with Gasteiger partial charge >= 0.3 is 13.2 Å². The molecule has 0 unspecified atom stereocenters. The van der Waals surface area contributed by atoms with E-state index < -0.39 is 6.09 Å². The smallest absolute Gasteiger partial charge is 0.465 e. The van der Waals surface area contributed by atoms with Crippen LogP contribution in [0.15, 0.2) is 24.3 Å². The number of hydrogen-bond acceptors (Lipinski definition) is 4. The van der Waals surface area contributed by atoms with Crippen LogP contribution in [0.3, 0.4) is 0 Å². The molecule has 0 spiro atoms. The van der Waals surface area contributed by atoms with Crippen LogP contribution < -0.4 is 5.46 Å². The molecule has 2 fully saturated rings. The van der Waals surface area contributed by atoms with Gasteiger partial charge in [0.05, 0.1) is 11.2 Å². The van der Waals surface area contributed by atoms with E-state index in [2.05, 4.69) is 44.7 Å². The number of hydrogen-bond donors (Lipinski definition) is 1. The molecule has 142 valence electrons. The molecule has 0 bridgehead atoms. The molecule has 6 nitrogen and oxygen atoms in total. The van der Waals surface area contributed by atoms with Crippen molar-refractivity contribution in [1.82, 2.24) is 9.80 Å². The number of carboxylic acid groups (broad SMARTS) is 1. The largest absolute Gasteiger partial charge is 0.494 e. The highest BCUT2D eigenvalue weighted by Crippen LogP contribution is 2.36. The van der Waals surface area contributed by atoms with Gasteiger partial charge in [-0.05, 0) is 45.6 Å². The van der Waals surface area contributed by atoms with Gasteiger partial charge in [0.2, 0.25) is 0 Å². The predicted octanol–water partition coefficient (Wildman–Crippen LogP) is 2.17. The lowest BCUT2D eigenvalue weighted by Crippen LogP contribution is -2.53. The number of carbonyl (C=O) groups is 1. The van der Waals surface area contributed by atoms with Gasteiger partial charge in [-0.1, -0.05) is 24.3 Å². The third-order valence-corrected chi connectivity index (χ3v) is 5.84. The first-order valence-corrected chi connectivity index (χ1v) is 9.25. The van der Waals surface area contributed by atoms with Crippen molar-refractivity contribution in [3.8, 4) is 0 Å². The number of piperazine rings is 1. The summed E-state index contributed by atoms with van der Waals surface area (Å²) in [5.41, 5.74) is 1.51. The minimum Gasteiger partial charge on any atom is -0.465 e. The van der Waals surface area contributed by atoms with Gasteiger partial charge in [0.25, 0.3) is 0 Å². The van der Waals surface area contributed by atoms with Crippen molar-refractivity contribution in [2.24, 2.45) is 0 Å². The molecular formula is C19H29BN2O4. The normalized spacial score (nSPS) is 25.5. The first kappa shape index (κ1) is 19.2. The average Bonchev–Trinajstić information content (AvgIpc) is 2.75.